The first-order chi connectivity index (χ1) is 13.1. The number of carboxylic acid groups (broad SMARTS) is 1. The third kappa shape index (κ3) is 3.48. The lowest BCUT2D eigenvalue weighted by Gasteiger charge is -2.13. The number of aromatic carboxylic acids is 1. The molecule has 2 amide bonds. The van der Waals surface area contributed by atoms with Crippen LogP contribution in [0, 0.1) is 0 Å². The molecule has 0 aromatic heterocycles. The van der Waals surface area contributed by atoms with Crippen molar-refractivity contribution < 1.29 is 41.7 Å². The van der Waals surface area contributed by atoms with Crippen molar-refractivity contribution in [2.45, 2.75) is 11.8 Å². The summed E-state index contributed by atoms with van der Waals surface area (Å²) in [5, 5.41) is 9.03. The van der Waals surface area contributed by atoms with Gasteiger partial charge in [0.05, 0.1) is 21.6 Å². The number of hydrogen-bond donors (Lipinski definition) is 1. The summed E-state index contributed by atoms with van der Waals surface area (Å²) in [6, 6.07) is 7.68. The summed E-state index contributed by atoms with van der Waals surface area (Å²) in [5.41, 5.74) is -0.716. The van der Waals surface area contributed by atoms with Crippen LogP contribution in [0.1, 0.15) is 38.0 Å². The Bertz CT molecular complexity index is 1120. The van der Waals surface area contributed by atoms with Crippen LogP contribution in [0.3, 0.4) is 0 Å². The van der Waals surface area contributed by atoms with E-state index in [1.165, 1.54) is 19.1 Å². The minimum atomic E-state index is -4.57. The number of benzene rings is 2. The van der Waals surface area contributed by atoms with E-state index in [0.29, 0.717) is 0 Å². The summed E-state index contributed by atoms with van der Waals surface area (Å²) in [4.78, 5) is 46.1. The van der Waals surface area contributed by atoms with E-state index in [2.05, 4.69) is 4.28 Å². The second-order valence-corrected chi connectivity index (χ2v) is 7.09. The van der Waals surface area contributed by atoms with Crippen molar-refractivity contribution in [2.24, 2.45) is 0 Å². The maximum atomic E-state index is 12.4. The number of carboxylic acids is 1. The van der Waals surface area contributed by atoms with E-state index in [1.807, 2.05) is 0 Å². The van der Waals surface area contributed by atoms with Gasteiger partial charge in [0, 0.05) is 6.92 Å². The fraction of sp³-hybridized carbons (Fsp3) is 0.0588. The normalized spacial score (nSPS) is 13.4. The van der Waals surface area contributed by atoms with Crippen molar-refractivity contribution in [3.63, 3.8) is 0 Å². The second kappa shape index (κ2) is 6.87. The largest absolute Gasteiger partial charge is 0.478 e. The lowest BCUT2D eigenvalue weighted by molar-refractivity contribution is -0.131. The number of nitrogens with zero attached hydrogens (tertiary/aromatic N) is 1. The average molecular weight is 405 g/mol. The standard InChI is InChI=1S/C17H11NO9S/c1-9(19)26-11-3-5-12(6-4-11)28(24,25)27-18-15(20)13-7-2-10(17(22)23)8-14(13)16(18)21/h2-8H,1H3,(H,22,23). The van der Waals surface area contributed by atoms with Crippen LogP contribution in [0.5, 0.6) is 5.75 Å². The minimum absolute atomic E-state index is 0.0472. The molecule has 0 saturated heterocycles. The fourth-order valence-electron chi connectivity index (χ4n) is 2.40. The Balaban J connectivity index is 1.86. The van der Waals surface area contributed by atoms with Crippen LogP contribution >= 0.6 is 0 Å². The highest BCUT2D eigenvalue weighted by atomic mass is 32.2. The molecule has 0 bridgehead atoms. The van der Waals surface area contributed by atoms with Gasteiger partial charge in [0.2, 0.25) is 0 Å². The van der Waals surface area contributed by atoms with Crippen LogP contribution in [-0.4, -0.2) is 42.3 Å². The molecule has 0 unspecified atom stereocenters. The number of carbonyl (C=O) groups excluding carboxylic acids is 3. The summed E-state index contributed by atoms with van der Waals surface area (Å²) in [5.74, 6) is -3.98. The van der Waals surface area contributed by atoms with Gasteiger partial charge in [-0.25, -0.2) is 4.79 Å². The van der Waals surface area contributed by atoms with Gasteiger partial charge in [-0.2, -0.15) is 8.42 Å². The highest BCUT2D eigenvalue weighted by molar-refractivity contribution is 7.86. The van der Waals surface area contributed by atoms with Gasteiger partial charge in [0.15, 0.2) is 0 Å². The van der Waals surface area contributed by atoms with Crippen LogP contribution in [0.25, 0.3) is 0 Å². The smallest absolute Gasteiger partial charge is 0.335 e. The Morgan fingerprint density at radius 1 is 0.964 bits per heavy atom. The Morgan fingerprint density at radius 3 is 2.14 bits per heavy atom. The molecule has 144 valence electrons. The van der Waals surface area contributed by atoms with Crippen molar-refractivity contribution in [1.82, 2.24) is 5.06 Å². The van der Waals surface area contributed by atoms with Crippen molar-refractivity contribution in [1.29, 1.82) is 0 Å². The molecule has 10 nitrogen and oxygen atoms in total. The van der Waals surface area contributed by atoms with E-state index < -0.39 is 38.8 Å². The van der Waals surface area contributed by atoms with Gasteiger partial charge < -0.3 is 9.84 Å². The van der Waals surface area contributed by atoms with Gasteiger partial charge in [-0.1, -0.05) is 0 Å². The molecule has 2 aromatic rings. The molecule has 0 spiro atoms. The van der Waals surface area contributed by atoms with E-state index in [4.69, 9.17) is 9.84 Å². The van der Waals surface area contributed by atoms with Gasteiger partial charge in [-0.3, -0.25) is 14.4 Å². The Hall–Kier alpha value is -3.57. The third-order valence-corrected chi connectivity index (χ3v) is 4.84. The summed E-state index contributed by atoms with van der Waals surface area (Å²) in [6.45, 7) is 1.17. The zero-order chi connectivity index (χ0) is 20.6. The van der Waals surface area contributed by atoms with Crippen LogP contribution < -0.4 is 4.74 Å². The molecule has 1 N–H and O–H groups in total. The molecule has 0 atom stereocenters. The highest BCUT2D eigenvalue weighted by Gasteiger charge is 2.40. The van der Waals surface area contributed by atoms with E-state index >= 15 is 0 Å². The minimum Gasteiger partial charge on any atom is -0.478 e. The van der Waals surface area contributed by atoms with Crippen LogP contribution in [0.4, 0.5) is 0 Å². The molecular formula is C17H11NO9S. The quantitative estimate of drug-likeness (QED) is 0.441. The molecule has 11 heteroatoms. The van der Waals surface area contributed by atoms with Crippen LogP contribution in [0.15, 0.2) is 47.4 Å². The molecule has 0 fully saturated rings. The zero-order valence-electron chi connectivity index (χ0n) is 14.1. The second-order valence-electron chi connectivity index (χ2n) is 5.56. The maximum Gasteiger partial charge on any atom is 0.335 e. The van der Waals surface area contributed by atoms with Crippen LogP contribution in [-0.2, 0) is 19.2 Å². The van der Waals surface area contributed by atoms with E-state index in [-0.39, 0.29) is 27.5 Å². The highest BCUT2D eigenvalue weighted by Crippen LogP contribution is 2.27. The van der Waals surface area contributed by atoms with Crippen LogP contribution in [0.2, 0.25) is 0 Å². The molecule has 1 heterocycles. The first-order valence-corrected chi connectivity index (χ1v) is 9.00. The Kier molecular flexibility index (Phi) is 4.71. The number of carbonyl (C=O) groups is 4. The van der Waals surface area contributed by atoms with Gasteiger partial charge >= 0.3 is 22.1 Å². The van der Waals surface area contributed by atoms with E-state index in [1.54, 1.807) is 0 Å². The molecule has 28 heavy (non-hydrogen) atoms. The molecule has 2 aromatic carbocycles. The first-order valence-electron chi connectivity index (χ1n) is 7.59. The van der Waals surface area contributed by atoms with Crippen molar-refractivity contribution in [3.05, 3.63) is 59.2 Å². The molecule has 3 rings (SSSR count). The van der Waals surface area contributed by atoms with Gasteiger partial charge in [-0.15, -0.1) is 9.35 Å². The number of imide groups is 1. The maximum absolute atomic E-state index is 12.4. The van der Waals surface area contributed by atoms with Gasteiger partial charge in [0.1, 0.15) is 5.75 Å². The molecule has 0 saturated carbocycles. The fourth-order valence-corrected chi connectivity index (χ4v) is 3.29. The summed E-state index contributed by atoms with van der Waals surface area (Å²) in [7, 11) is -4.57. The predicted molar refractivity (Wildman–Crippen MR) is 89.9 cm³/mol. The molecule has 0 aliphatic carbocycles. The number of rotatable bonds is 5. The van der Waals surface area contributed by atoms with Gasteiger partial charge in [-0.05, 0) is 42.5 Å². The number of esters is 1. The lowest BCUT2D eigenvalue weighted by atomic mass is 10.1. The average Bonchev–Trinajstić information content (AvgIpc) is 2.86. The number of ether oxygens (including phenoxy) is 1. The van der Waals surface area contributed by atoms with E-state index in [9.17, 15) is 27.6 Å². The topological polar surface area (TPSA) is 144 Å². The lowest BCUT2D eigenvalue weighted by Crippen LogP contribution is -2.32. The third-order valence-electron chi connectivity index (χ3n) is 3.64. The van der Waals surface area contributed by atoms with Crippen molar-refractivity contribution >= 4 is 33.9 Å². The SMILES string of the molecule is CC(=O)Oc1ccc(S(=O)(=O)ON2C(=O)c3ccc(C(=O)O)cc3C2=O)cc1. The predicted octanol–water partition coefficient (Wildman–Crippen LogP) is 1.23. The van der Waals surface area contributed by atoms with Crippen molar-refractivity contribution in [3.8, 4) is 5.75 Å². The molecular weight excluding hydrogens is 394 g/mol. The molecule has 1 aliphatic heterocycles. The number of amides is 2. The first kappa shape index (κ1) is 19.2. The number of hydrogen-bond acceptors (Lipinski definition) is 8. The Morgan fingerprint density at radius 2 is 1.57 bits per heavy atom. The number of fused-ring (bicyclic) bond motifs is 1. The van der Waals surface area contributed by atoms with E-state index in [0.717, 1.165) is 30.3 Å². The Labute approximate surface area is 158 Å². The van der Waals surface area contributed by atoms with Crippen molar-refractivity contribution in [2.75, 3.05) is 0 Å². The summed E-state index contributed by atoms with van der Waals surface area (Å²) < 4.78 is 34.2. The van der Waals surface area contributed by atoms with Gasteiger partial charge in [0.25, 0.3) is 11.8 Å². The monoisotopic (exact) mass is 405 g/mol. The summed E-state index contributed by atoms with van der Waals surface area (Å²) in [6.07, 6.45) is 0. The summed E-state index contributed by atoms with van der Waals surface area (Å²) >= 11 is 0. The zero-order valence-corrected chi connectivity index (χ0v) is 14.9. The molecule has 1 aliphatic rings. The number of hydroxylamine groups is 2. The molecule has 0 radical (unpaired) electrons.